The molecule has 0 aliphatic carbocycles. The van der Waals surface area contributed by atoms with Gasteiger partial charge < -0.3 is 11.1 Å². The van der Waals surface area contributed by atoms with Gasteiger partial charge in [-0.15, -0.1) is 0 Å². The fourth-order valence-electron chi connectivity index (χ4n) is 2.20. The number of thiazole rings is 1. The number of hydrogen-bond donors (Lipinski definition) is 3. The third-order valence-electron chi connectivity index (χ3n) is 3.42. The number of amides is 3. The lowest BCUT2D eigenvalue weighted by molar-refractivity contribution is 0.0997. The van der Waals surface area contributed by atoms with E-state index in [2.05, 4.69) is 15.6 Å². The van der Waals surface area contributed by atoms with Crippen LogP contribution in [0.25, 0.3) is 10.6 Å². The molecule has 3 rings (SSSR count). The summed E-state index contributed by atoms with van der Waals surface area (Å²) in [5, 5.41) is 6.93. The van der Waals surface area contributed by atoms with Crippen molar-refractivity contribution in [3.05, 3.63) is 62.2 Å². The zero-order valence-electron chi connectivity index (χ0n) is 13.7. The largest absolute Gasteiger partial charge is 0.364 e. The van der Waals surface area contributed by atoms with Crippen molar-refractivity contribution in [2.24, 2.45) is 5.73 Å². The number of nitrogens with two attached hydrogens (primary N) is 1. The number of nitrogens with zero attached hydrogens (tertiary/aromatic N) is 1. The lowest BCUT2D eigenvalue weighted by Crippen LogP contribution is -2.22. The number of urea groups is 1. The average Bonchev–Trinajstić information content (AvgIpc) is 3.02. The van der Waals surface area contributed by atoms with Gasteiger partial charge in [0, 0.05) is 15.6 Å². The summed E-state index contributed by atoms with van der Waals surface area (Å²) in [5.41, 5.74) is 6.20. The van der Waals surface area contributed by atoms with Gasteiger partial charge in [0.15, 0.2) is 5.69 Å². The first-order chi connectivity index (χ1) is 13.2. The molecule has 0 aliphatic rings. The standard InChI is InChI=1S/C17H10Cl4N4O2S/c18-8-3-1-7(2-4-8)15-23-13(14(22)26)16(28-15)25-17(27)24-12-10(20)5-9(19)6-11(12)21/h1-6H,(H2,22,26)(H2,24,25,27). The maximum Gasteiger partial charge on any atom is 0.324 e. The summed E-state index contributed by atoms with van der Waals surface area (Å²) in [6, 6.07) is 9.04. The van der Waals surface area contributed by atoms with Gasteiger partial charge in [0.05, 0.1) is 15.7 Å². The zero-order chi connectivity index (χ0) is 20.4. The molecule has 0 unspecified atom stereocenters. The third-order valence-corrected chi connectivity index (χ3v) is 5.51. The molecule has 0 saturated heterocycles. The Morgan fingerprint density at radius 2 is 1.54 bits per heavy atom. The summed E-state index contributed by atoms with van der Waals surface area (Å²) in [6.07, 6.45) is 0. The summed E-state index contributed by atoms with van der Waals surface area (Å²) >= 11 is 24.9. The molecular formula is C17H10Cl4N4O2S. The number of benzene rings is 2. The fraction of sp³-hybridized carbons (Fsp3) is 0. The van der Waals surface area contributed by atoms with Crippen LogP contribution >= 0.6 is 57.7 Å². The van der Waals surface area contributed by atoms with Gasteiger partial charge in [-0.3, -0.25) is 10.1 Å². The summed E-state index contributed by atoms with van der Waals surface area (Å²) in [7, 11) is 0. The molecule has 3 aromatic rings. The SMILES string of the molecule is NC(=O)c1nc(-c2ccc(Cl)cc2)sc1NC(=O)Nc1c(Cl)cc(Cl)cc1Cl. The Hall–Kier alpha value is -2.03. The highest BCUT2D eigenvalue weighted by atomic mass is 35.5. The molecule has 28 heavy (non-hydrogen) atoms. The number of rotatable bonds is 4. The first-order valence-corrected chi connectivity index (χ1v) is 9.86. The van der Waals surface area contributed by atoms with Gasteiger partial charge in [-0.05, 0) is 24.3 Å². The van der Waals surface area contributed by atoms with Gasteiger partial charge in [0.25, 0.3) is 5.91 Å². The Labute approximate surface area is 183 Å². The molecule has 11 heteroatoms. The Balaban J connectivity index is 1.86. The molecule has 1 heterocycles. The van der Waals surface area contributed by atoms with Crippen LogP contribution in [-0.2, 0) is 0 Å². The topological polar surface area (TPSA) is 97.1 Å². The Kier molecular flexibility index (Phi) is 6.32. The van der Waals surface area contributed by atoms with Crippen molar-refractivity contribution in [2.45, 2.75) is 0 Å². The number of aromatic nitrogens is 1. The molecule has 0 spiro atoms. The van der Waals surface area contributed by atoms with E-state index in [-0.39, 0.29) is 26.4 Å². The molecule has 144 valence electrons. The molecule has 0 atom stereocenters. The Morgan fingerprint density at radius 1 is 0.929 bits per heavy atom. The summed E-state index contributed by atoms with van der Waals surface area (Å²) < 4.78 is 0. The zero-order valence-corrected chi connectivity index (χ0v) is 17.6. The second-order valence-electron chi connectivity index (χ2n) is 5.39. The minimum Gasteiger partial charge on any atom is -0.364 e. The normalized spacial score (nSPS) is 10.6. The highest BCUT2D eigenvalue weighted by molar-refractivity contribution is 7.19. The van der Waals surface area contributed by atoms with E-state index in [1.54, 1.807) is 24.3 Å². The summed E-state index contributed by atoms with van der Waals surface area (Å²) in [6.45, 7) is 0. The maximum atomic E-state index is 12.4. The molecule has 0 saturated carbocycles. The highest BCUT2D eigenvalue weighted by Gasteiger charge is 2.20. The van der Waals surface area contributed by atoms with Gasteiger partial charge in [0.1, 0.15) is 10.0 Å². The lowest BCUT2D eigenvalue weighted by Gasteiger charge is -2.10. The molecule has 4 N–H and O–H groups in total. The molecule has 0 aliphatic heterocycles. The van der Waals surface area contributed by atoms with Crippen LogP contribution in [-0.4, -0.2) is 16.9 Å². The summed E-state index contributed by atoms with van der Waals surface area (Å²) in [4.78, 5) is 28.3. The summed E-state index contributed by atoms with van der Waals surface area (Å²) in [5.74, 6) is -0.783. The van der Waals surface area contributed by atoms with E-state index in [1.807, 2.05) is 0 Å². The third kappa shape index (κ3) is 4.68. The molecule has 6 nitrogen and oxygen atoms in total. The molecular weight excluding hydrogens is 466 g/mol. The van der Waals surface area contributed by atoms with Crippen molar-refractivity contribution in [1.82, 2.24) is 4.98 Å². The van der Waals surface area contributed by atoms with E-state index in [1.165, 1.54) is 12.1 Å². The second kappa shape index (κ2) is 8.55. The van der Waals surface area contributed by atoms with Gasteiger partial charge in [-0.1, -0.05) is 69.9 Å². The predicted octanol–water partition coefficient (Wildman–Crippen LogP) is 6.17. The predicted molar refractivity (Wildman–Crippen MR) is 115 cm³/mol. The minimum absolute atomic E-state index is 0.0709. The lowest BCUT2D eigenvalue weighted by atomic mass is 10.2. The first kappa shape index (κ1) is 20.7. The van der Waals surface area contributed by atoms with Crippen molar-refractivity contribution >= 4 is 80.4 Å². The van der Waals surface area contributed by atoms with Crippen molar-refractivity contribution in [3.63, 3.8) is 0 Å². The number of carbonyl (C=O) groups is 2. The molecule has 0 bridgehead atoms. The van der Waals surface area contributed by atoms with Crippen LogP contribution in [0, 0.1) is 0 Å². The van der Waals surface area contributed by atoms with Crippen LogP contribution in [0.15, 0.2) is 36.4 Å². The highest BCUT2D eigenvalue weighted by Crippen LogP contribution is 2.35. The van der Waals surface area contributed by atoms with Gasteiger partial charge in [-0.2, -0.15) is 0 Å². The molecule has 2 aromatic carbocycles. The van der Waals surface area contributed by atoms with Crippen LogP contribution in [0.4, 0.5) is 15.5 Å². The van der Waals surface area contributed by atoms with Crippen LogP contribution in [0.5, 0.6) is 0 Å². The van der Waals surface area contributed by atoms with E-state index >= 15 is 0 Å². The van der Waals surface area contributed by atoms with Crippen LogP contribution in [0.2, 0.25) is 20.1 Å². The van der Waals surface area contributed by atoms with Crippen molar-refractivity contribution in [3.8, 4) is 10.6 Å². The van der Waals surface area contributed by atoms with E-state index in [9.17, 15) is 9.59 Å². The van der Waals surface area contributed by atoms with Gasteiger partial charge in [-0.25, -0.2) is 9.78 Å². The number of anilines is 2. The van der Waals surface area contributed by atoms with E-state index in [0.717, 1.165) is 11.3 Å². The van der Waals surface area contributed by atoms with E-state index in [0.29, 0.717) is 20.6 Å². The van der Waals surface area contributed by atoms with Crippen LogP contribution in [0.1, 0.15) is 10.5 Å². The van der Waals surface area contributed by atoms with Crippen molar-refractivity contribution < 1.29 is 9.59 Å². The Bertz CT molecular complexity index is 1050. The number of halogens is 4. The second-order valence-corrected chi connectivity index (χ2v) is 8.08. The smallest absolute Gasteiger partial charge is 0.324 e. The van der Waals surface area contributed by atoms with Crippen molar-refractivity contribution in [1.29, 1.82) is 0 Å². The molecule has 0 radical (unpaired) electrons. The molecule has 3 amide bonds. The first-order valence-electron chi connectivity index (χ1n) is 7.53. The van der Waals surface area contributed by atoms with Gasteiger partial charge >= 0.3 is 6.03 Å². The number of hydrogen-bond acceptors (Lipinski definition) is 4. The van der Waals surface area contributed by atoms with Crippen LogP contribution in [0.3, 0.4) is 0 Å². The van der Waals surface area contributed by atoms with Crippen LogP contribution < -0.4 is 16.4 Å². The number of primary amides is 1. The fourth-order valence-corrected chi connectivity index (χ4v) is 4.21. The Morgan fingerprint density at radius 3 is 2.11 bits per heavy atom. The monoisotopic (exact) mass is 474 g/mol. The maximum absolute atomic E-state index is 12.4. The average molecular weight is 476 g/mol. The van der Waals surface area contributed by atoms with E-state index < -0.39 is 11.9 Å². The molecule has 1 aromatic heterocycles. The minimum atomic E-state index is -0.783. The van der Waals surface area contributed by atoms with Crippen molar-refractivity contribution in [2.75, 3.05) is 10.6 Å². The van der Waals surface area contributed by atoms with Gasteiger partial charge in [0.2, 0.25) is 0 Å². The number of nitrogens with one attached hydrogen (secondary N) is 2. The quantitative estimate of drug-likeness (QED) is 0.421. The van der Waals surface area contributed by atoms with E-state index in [4.69, 9.17) is 52.1 Å². The molecule has 0 fully saturated rings. The number of carbonyl (C=O) groups excluding carboxylic acids is 2.